The maximum Gasteiger partial charge on any atom is 0.0702 e. The molecule has 2 saturated heterocycles. The molecular weight excluding hydrogens is 204 g/mol. The van der Waals surface area contributed by atoms with Crippen molar-refractivity contribution in [3.05, 3.63) is 0 Å². The first kappa shape index (κ1) is 12.3. The topological polar surface area (TPSA) is 35.9 Å². The van der Waals surface area contributed by atoms with Crippen molar-refractivity contribution in [3.8, 4) is 0 Å². The number of hydrogen-bond acceptors (Lipinski definition) is 4. The van der Waals surface area contributed by atoms with E-state index in [0.29, 0.717) is 12.0 Å². The summed E-state index contributed by atoms with van der Waals surface area (Å²) in [7, 11) is 2.18. The van der Waals surface area contributed by atoms with E-state index in [1.54, 1.807) is 0 Å². The Hall–Kier alpha value is -0.160. The van der Waals surface area contributed by atoms with Crippen molar-refractivity contribution in [2.24, 2.45) is 5.92 Å². The Morgan fingerprint density at radius 1 is 1.19 bits per heavy atom. The average Bonchev–Trinajstić information content (AvgIpc) is 2.33. The van der Waals surface area contributed by atoms with Crippen LogP contribution in [-0.4, -0.2) is 74.0 Å². The maximum atomic E-state index is 9.03. The van der Waals surface area contributed by atoms with Gasteiger partial charge in [0.05, 0.1) is 12.7 Å². The Kier molecular flexibility index (Phi) is 4.58. The van der Waals surface area contributed by atoms with E-state index in [-0.39, 0.29) is 6.61 Å². The largest absolute Gasteiger partial charge is 0.396 e. The fraction of sp³-hybridized carbons (Fsp3) is 1.00. The van der Waals surface area contributed by atoms with E-state index in [1.165, 1.54) is 26.2 Å². The minimum atomic E-state index is 0.279. The Labute approximate surface area is 98.2 Å². The maximum absolute atomic E-state index is 9.03. The molecule has 94 valence electrons. The van der Waals surface area contributed by atoms with Gasteiger partial charge in [0.1, 0.15) is 0 Å². The number of aliphatic hydroxyl groups is 1. The van der Waals surface area contributed by atoms with Crippen molar-refractivity contribution in [2.45, 2.75) is 18.9 Å². The Balaban J connectivity index is 1.66. The fourth-order valence-electron chi connectivity index (χ4n) is 2.47. The van der Waals surface area contributed by atoms with Crippen LogP contribution in [0.5, 0.6) is 0 Å². The van der Waals surface area contributed by atoms with Crippen molar-refractivity contribution in [1.29, 1.82) is 0 Å². The zero-order chi connectivity index (χ0) is 11.4. The van der Waals surface area contributed by atoms with Gasteiger partial charge >= 0.3 is 0 Å². The van der Waals surface area contributed by atoms with E-state index in [9.17, 15) is 0 Å². The first-order valence-electron chi connectivity index (χ1n) is 6.41. The quantitative estimate of drug-likeness (QED) is 0.739. The minimum Gasteiger partial charge on any atom is -0.396 e. The van der Waals surface area contributed by atoms with Crippen LogP contribution in [0.15, 0.2) is 0 Å². The second kappa shape index (κ2) is 5.96. The Morgan fingerprint density at radius 3 is 2.50 bits per heavy atom. The van der Waals surface area contributed by atoms with Crippen LogP contribution in [0.25, 0.3) is 0 Å². The van der Waals surface area contributed by atoms with Gasteiger partial charge in [-0.15, -0.1) is 0 Å². The minimum absolute atomic E-state index is 0.279. The lowest BCUT2D eigenvalue weighted by molar-refractivity contribution is -0.0479. The summed E-state index contributed by atoms with van der Waals surface area (Å²) in [6.45, 7) is 6.78. The molecule has 2 rings (SSSR count). The number of piperazine rings is 1. The second-order valence-electron chi connectivity index (χ2n) is 5.19. The highest BCUT2D eigenvalue weighted by Gasteiger charge is 2.24. The lowest BCUT2D eigenvalue weighted by atomic mass is 9.99. The predicted molar refractivity (Wildman–Crippen MR) is 63.5 cm³/mol. The highest BCUT2D eigenvalue weighted by Crippen LogP contribution is 2.19. The molecule has 0 aliphatic carbocycles. The van der Waals surface area contributed by atoms with Crippen LogP contribution in [0.4, 0.5) is 0 Å². The zero-order valence-corrected chi connectivity index (χ0v) is 10.3. The van der Waals surface area contributed by atoms with Crippen LogP contribution in [-0.2, 0) is 4.74 Å². The molecule has 4 nitrogen and oxygen atoms in total. The standard InChI is InChI=1S/C12H24N2O2/c1-13-4-6-14(7-5-13)8-12-3-2-11(9-15)10-16-12/h11-12,15H,2-10H2,1H3/t11-,12+/m1/s1. The molecule has 2 fully saturated rings. The van der Waals surface area contributed by atoms with E-state index < -0.39 is 0 Å². The molecule has 0 radical (unpaired) electrons. The molecule has 0 amide bonds. The van der Waals surface area contributed by atoms with Gasteiger partial charge in [-0.1, -0.05) is 0 Å². The summed E-state index contributed by atoms with van der Waals surface area (Å²) in [6, 6.07) is 0. The molecule has 0 bridgehead atoms. The molecule has 0 aromatic rings. The van der Waals surface area contributed by atoms with Gasteiger partial charge in [-0.3, -0.25) is 4.90 Å². The summed E-state index contributed by atoms with van der Waals surface area (Å²) in [4.78, 5) is 4.88. The molecule has 0 aromatic carbocycles. The monoisotopic (exact) mass is 228 g/mol. The first-order valence-corrected chi connectivity index (χ1v) is 6.41. The third-order valence-corrected chi connectivity index (χ3v) is 3.78. The van der Waals surface area contributed by atoms with Crippen LogP contribution in [0.1, 0.15) is 12.8 Å². The number of ether oxygens (including phenoxy) is 1. The molecule has 0 saturated carbocycles. The molecule has 2 aliphatic heterocycles. The molecular formula is C12H24N2O2. The summed E-state index contributed by atoms with van der Waals surface area (Å²) in [5, 5.41) is 9.03. The number of rotatable bonds is 3. The van der Waals surface area contributed by atoms with Crippen molar-refractivity contribution in [3.63, 3.8) is 0 Å². The fourth-order valence-corrected chi connectivity index (χ4v) is 2.47. The molecule has 2 heterocycles. The molecule has 2 aliphatic rings. The van der Waals surface area contributed by atoms with E-state index in [1.807, 2.05) is 0 Å². The van der Waals surface area contributed by atoms with Crippen LogP contribution in [0, 0.1) is 5.92 Å². The number of nitrogens with zero attached hydrogens (tertiary/aromatic N) is 2. The van der Waals surface area contributed by atoms with E-state index in [4.69, 9.17) is 9.84 Å². The molecule has 0 unspecified atom stereocenters. The van der Waals surface area contributed by atoms with Gasteiger partial charge in [0, 0.05) is 45.2 Å². The summed E-state index contributed by atoms with van der Waals surface area (Å²) < 4.78 is 5.80. The van der Waals surface area contributed by atoms with Gasteiger partial charge in [-0.2, -0.15) is 0 Å². The lowest BCUT2D eigenvalue weighted by Crippen LogP contribution is -2.48. The summed E-state index contributed by atoms with van der Waals surface area (Å²) >= 11 is 0. The average molecular weight is 228 g/mol. The van der Waals surface area contributed by atoms with Crippen molar-refractivity contribution in [1.82, 2.24) is 9.80 Å². The van der Waals surface area contributed by atoms with Gasteiger partial charge < -0.3 is 14.7 Å². The van der Waals surface area contributed by atoms with Crippen LogP contribution >= 0.6 is 0 Å². The van der Waals surface area contributed by atoms with Gasteiger partial charge in [0.15, 0.2) is 0 Å². The van der Waals surface area contributed by atoms with E-state index >= 15 is 0 Å². The summed E-state index contributed by atoms with van der Waals surface area (Å²) in [5.41, 5.74) is 0. The van der Waals surface area contributed by atoms with Crippen LogP contribution in [0.2, 0.25) is 0 Å². The van der Waals surface area contributed by atoms with E-state index in [2.05, 4.69) is 16.8 Å². The van der Waals surface area contributed by atoms with Crippen LogP contribution in [0.3, 0.4) is 0 Å². The number of hydrogen-bond donors (Lipinski definition) is 1. The molecule has 4 heteroatoms. The predicted octanol–water partition coefficient (Wildman–Crippen LogP) is 0.0213. The van der Waals surface area contributed by atoms with Gasteiger partial charge in [-0.25, -0.2) is 0 Å². The van der Waals surface area contributed by atoms with Gasteiger partial charge in [-0.05, 0) is 19.9 Å². The molecule has 1 N–H and O–H groups in total. The summed E-state index contributed by atoms with van der Waals surface area (Å²) in [5.74, 6) is 0.378. The third kappa shape index (κ3) is 3.42. The Bertz CT molecular complexity index is 197. The highest BCUT2D eigenvalue weighted by molar-refractivity contribution is 4.76. The lowest BCUT2D eigenvalue weighted by Gasteiger charge is -2.36. The van der Waals surface area contributed by atoms with Crippen LogP contribution < -0.4 is 0 Å². The highest BCUT2D eigenvalue weighted by atomic mass is 16.5. The normalized spacial score (nSPS) is 34.1. The van der Waals surface area contributed by atoms with Crippen molar-refractivity contribution in [2.75, 3.05) is 53.0 Å². The third-order valence-electron chi connectivity index (χ3n) is 3.78. The molecule has 0 aromatic heterocycles. The molecule has 16 heavy (non-hydrogen) atoms. The Morgan fingerprint density at radius 2 is 1.94 bits per heavy atom. The number of aliphatic hydroxyl groups excluding tert-OH is 1. The van der Waals surface area contributed by atoms with Gasteiger partial charge in [0.25, 0.3) is 0 Å². The van der Waals surface area contributed by atoms with Gasteiger partial charge in [0.2, 0.25) is 0 Å². The zero-order valence-electron chi connectivity index (χ0n) is 10.3. The van der Waals surface area contributed by atoms with Crippen molar-refractivity contribution >= 4 is 0 Å². The first-order chi connectivity index (χ1) is 7.78. The SMILES string of the molecule is CN1CCN(C[C@@H]2CC[C@H](CO)CO2)CC1. The molecule has 0 spiro atoms. The van der Waals surface area contributed by atoms with Crippen molar-refractivity contribution < 1.29 is 9.84 Å². The second-order valence-corrected chi connectivity index (χ2v) is 5.19. The summed E-state index contributed by atoms with van der Waals surface area (Å²) in [6.07, 6.45) is 2.62. The van der Waals surface area contributed by atoms with E-state index in [0.717, 1.165) is 26.0 Å². The smallest absolute Gasteiger partial charge is 0.0702 e. The number of likely N-dealkylation sites (N-methyl/N-ethyl adjacent to an activating group) is 1. The molecule has 2 atom stereocenters.